The van der Waals surface area contributed by atoms with Crippen molar-refractivity contribution in [1.29, 1.82) is 0 Å². The minimum atomic E-state index is 0.105. The average molecular weight is 265 g/mol. The summed E-state index contributed by atoms with van der Waals surface area (Å²) >= 11 is 0. The molecule has 0 amide bonds. The molecule has 0 unspecified atom stereocenters. The minimum absolute atomic E-state index is 0.105. The second-order valence-corrected chi connectivity index (χ2v) is 4.96. The Kier molecular flexibility index (Phi) is 5.57. The molecule has 1 heteroatoms. The molecule has 3 rings (SSSR count). The molecule has 20 heavy (non-hydrogen) atoms. The van der Waals surface area contributed by atoms with Crippen LogP contribution in [0.1, 0.15) is 26.2 Å². The first-order chi connectivity index (χ1) is 9.85. The Labute approximate surface area is 120 Å². The van der Waals surface area contributed by atoms with E-state index in [1.807, 2.05) is 0 Å². The van der Waals surface area contributed by atoms with Crippen LogP contribution < -0.4 is 0 Å². The smallest absolute Gasteiger partial charge is 0.0822 e. The molecule has 0 aliphatic rings. The predicted molar refractivity (Wildman–Crippen MR) is 86.5 cm³/mol. The van der Waals surface area contributed by atoms with Crippen LogP contribution in [0.2, 0.25) is 0 Å². The van der Waals surface area contributed by atoms with Crippen LogP contribution in [-0.2, 0) is 5.11 Å². The lowest BCUT2D eigenvalue weighted by Gasteiger charge is -2.00. The van der Waals surface area contributed by atoms with Crippen LogP contribution in [0.5, 0.6) is 0 Å². The summed E-state index contributed by atoms with van der Waals surface area (Å²) in [6, 6.07) is 21.4. The van der Waals surface area contributed by atoms with Gasteiger partial charge in [-0.15, -0.1) is 0 Å². The topological polar surface area (TPSA) is 19.9 Å². The van der Waals surface area contributed by atoms with Crippen LogP contribution in [-0.4, -0.2) is 6.61 Å². The molecule has 1 nitrogen and oxygen atoms in total. The van der Waals surface area contributed by atoms with Gasteiger partial charge < -0.3 is 0 Å². The molecule has 0 aliphatic carbocycles. The quantitative estimate of drug-likeness (QED) is 0.434. The summed E-state index contributed by atoms with van der Waals surface area (Å²) in [5, 5.41) is 14.9. The number of rotatable bonds is 3. The molecule has 0 saturated carbocycles. The Morgan fingerprint density at radius 2 is 1.10 bits per heavy atom. The molecule has 0 heterocycles. The van der Waals surface area contributed by atoms with Crippen molar-refractivity contribution in [2.45, 2.75) is 26.2 Å². The van der Waals surface area contributed by atoms with E-state index in [2.05, 4.69) is 67.6 Å². The summed E-state index contributed by atoms with van der Waals surface area (Å²) in [6.45, 7) is 2.20. The van der Waals surface area contributed by atoms with Gasteiger partial charge in [-0.2, -0.15) is 0 Å². The second-order valence-electron chi connectivity index (χ2n) is 4.96. The van der Waals surface area contributed by atoms with Gasteiger partial charge in [-0.25, -0.2) is 5.11 Å². The van der Waals surface area contributed by atoms with Crippen molar-refractivity contribution in [1.82, 2.24) is 0 Å². The molecule has 3 aromatic carbocycles. The van der Waals surface area contributed by atoms with Gasteiger partial charge in [-0.3, -0.25) is 0 Å². The SMILES string of the molecule is CCCCC[O].c1ccc2cc3ccccc3cc2c1. The van der Waals surface area contributed by atoms with Gasteiger partial charge in [-0.05, 0) is 40.1 Å². The monoisotopic (exact) mass is 265 g/mol. The number of hydrogen-bond acceptors (Lipinski definition) is 0. The third-order valence-electron chi connectivity index (χ3n) is 3.36. The van der Waals surface area contributed by atoms with Crippen molar-refractivity contribution in [2.75, 3.05) is 6.61 Å². The van der Waals surface area contributed by atoms with Gasteiger partial charge in [0, 0.05) is 0 Å². The Hall–Kier alpha value is -1.86. The summed E-state index contributed by atoms with van der Waals surface area (Å²) in [5.41, 5.74) is 0. The predicted octanol–water partition coefficient (Wildman–Crippen LogP) is 5.60. The fourth-order valence-corrected chi connectivity index (χ4v) is 2.23. The Morgan fingerprint density at radius 1 is 0.700 bits per heavy atom. The number of hydrogen-bond donors (Lipinski definition) is 0. The highest BCUT2D eigenvalue weighted by molar-refractivity contribution is 5.98. The number of fused-ring (bicyclic) bond motifs is 2. The normalized spacial score (nSPS) is 10.3. The molecule has 103 valence electrons. The summed E-state index contributed by atoms with van der Waals surface area (Å²) in [5.74, 6) is 0. The fraction of sp³-hybridized carbons (Fsp3) is 0.263. The highest BCUT2D eigenvalue weighted by Gasteiger charge is 1.95. The fourth-order valence-electron chi connectivity index (χ4n) is 2.23. The van der Waals surface area contributed by atoms with Crippen LogP contribution in [0.25, 0.3) is 21.5 Å². The Balaban J connectivity index is 0.000000212. The maximum atomic E-state index is 9.69. The maximum Gasteiger partial charge on any atom is 0.0822 e. The molecule has 1 radical (unpaired) electrons. The molecule has 0 bridgehead atoms. The zero-order chi connectivity index (χ0) is 14.2. The molecule has 3 aromatic rings. The lowest BCUT2D eigenvalue weighted by Crippen LogP contribution is -1.76. The summed E-state index contributed by atoms with van der Waals surface area (Å²) in [7, 11) is 0. The molecule has 0 spiro atoms. The van der Waals surface area contributed by atoms with Gasteiger partial charge >= 0.3 is 0 Å². The first-order valence-electron chi connectivity index (χ1n) is 7.31. The highest BCUT2D eigenvalue weighted by Crippen LogP contribution is 2.21. The summed E-state index contributed by atoms with van der Waals surface area (Å²) in [6.07, 6.45) is 3.11. The van der Waals surface area contributed by atoms with Crippen molar-refractivity contribution in [2.24, 2.45) is 0 Å². The van der Waals surface area contributed by atoms with Gasteiger partial charge in [0.2, 0.25) is 0 Å². The molecular weight excluding hydrogens is 244 g/mol. The number of benzene rings is 3. The van der Waals surface area contributed by atoms with Crippen LogP contribution >= 0.6 is 0 Å². The zero-order valence-electron chi connectivity index (χ0n) is 12.0. The van der Waals surface area contributed by atoms with Crippen LogP contribution in [0.4, 0.5) is 0 Å². The van der Waals surface area contributed by atoms with Crippen molar-refractivity contribution < 1.29 is 5.11 Å². The molecule has 0 fully saturated rings. The second kappa shape index (κ2) is 7.66. The summed E-state index contributed by atoms with van der Waals surface area (Å²) in [4.78, 5) is 0. The third kappa shape index (κ3) is 3.82. The van der Waals surface area contributed by atoms with Crippen molar-refractivity contribution in [3.05, 3.63) is 60.7 Å². The van der Waals surface area contributed by atoms with Crippen LogP contribution in [0.15, 0.2) is 60.7 Å². The number of unbranched alkanes of at least 4 members (excludes halogenated alkanes) is 2. The van der Waals surface area contributed by atoms with Gasteiger partial charge in [0.1, 0.15) is 0 Å². The van der Waals surface area contributed by atoms with E-state index < -0.39 is 0 Å². The van der Waals surface area contributed by atoms with Crippen LogP contribution in [0.3, 0.4) is 0 Å². The highest BCUT2D eigenvalue weighted by atomic mass is 16.2. The first kappa shape index (κ1) is 14.5. The van der Waals surface area contributed by atoms with Gasteiger partial charge in [0.05, 0.1) is 6.61 Å². The van der Waals surface area contributed by atoms with Crippen molar-refractivity contribution in [3.8, 4) is 0 Å². The lowest BCUT2D eigenvalue weighted by molar-refractivity contribution is 0.186. The standard InChI is InChI=1S/C14H10.C5H11O/c1-2-6-12-10-14-8-4-3-7-13(14)9-11(12)5-1;1-2-3-4-5-6/h1-10H;2-5H2,1H3. The van der Waals surface area contributed by atoms with E-state index in [0.717, 1.165) is 19.3 Å². The largest absolute Gasteiger partial charge is 0.237 e. The lowest BCUT2D eigenvalue weighted by atomic mass is 10.0. The van der Waals surface area contributed by atoms with Gasteiger partial charge in [-0.1, -0.05) is 68.3 Å². The molecule has 0 aromatic heterocycles. The van der Waals surface area contributed by atoms with E-state index in [1.165, 1.54) is 21.5 Å². The van der Waals surface area contributed by atoms with E-state index in [-0.39, 0.29) is 6.61 Å². The van der Waals surface area contributed by atoms with Crippen LogP contribution in [0, 0.1) is 0 Å². The van der Waals surface area contributed by atoms with E-state index in [1.54, 1.807) is 0 Å². The van der Waals surface area contributed by atoms with E-state index in [0.29, 0.717) is 0 Å². The van der Waals surface area contributed by atoms with E-state index in [9.17, 15) is 5.11 Å². The van der Waals surface area contributed by atoms with Crippen molar-refractivity contribution >= 4 is 21.5 Å². The average Bonchev–Trinajstić information content (AvgIpc) is 2.51. The molecular formula is C19H21O. The van der Waals surface area contributed by atoms with Crippen molar-refractivity contribution in [3.63, 3.8) is 0 Å². The first-order valence-corrected chi connectivity index (χ1v) is 7.31. The zero-order valence-corrected chi connectivity index (χ0v) is 12.0. The van der Waals surface area contributed by atoms with E-state index >= 15 is 0 Å². The van der Waals surface area contributed by atoms with Gasteiger partial charge in [0.25, 0.3) is 0 Å². The van der Waals surface area contributed by atoms with Gasteiger partial charge in [0.15, 0.2) is 0 Å². The maximum absolute atomic E-state index is 9.69. The molecule has 0 aliphatic heterocycles. The van der Waals surface area contributed by atoms with E-state index in [4.69, 9.17) is 0 Å². The third-order valence-corrected chi connectivity index (χ3v) is 3.36. The Bertz CT molecular complexity index is 549. The minimum Gasteiger partial charge on any atom is -0.237 e. The molecule has 0 N–H and O–H groups in total. The summed E-state index contributed by atoms with van der Waals surface area (Å²) < 4.78 is 0. The Morgan fingerprint density at radius 3 is 1.35 bits per heavy atom. The molecule has 0 saturated heterocycles. The molecule has 0 atom stereocenters.